The van der Waals surface area contributed by atoms with E-state index in [1.165, 1.54) is 0 Å². The number of carbonyl (C=O) groups is 1. The van der Waals surface area contributed by atoms with Crippen LogP contribution in [0, 0.1) is 0 Å². The van der Waals surface area contributed by atoms with Gasteiger partial charge in [0.1, 0.15) is 0 Å². The smallest absolute Gasteiger partial charge is 0.310 e. The van der Waals surface area contributed by atoms with Crippen LogP contribution in [0.3, 0.4) is 0 Å². The fourth-order valence-corrected chi connectivity index (χ4v) is 2.96. The standard InChI is InChI=1S/C14H16O3S/c1-9(14(16)17)11-4-2-10(3-5-11)8-13-12(15)6-7-18-13/h2-5,8-9,12,15H,6-7H2,1H3,(H,16,17)/t9-,12+/m1/s1. The van der Waals surface area contributed by atoms with Crippen LogP contribution < -0.4 is 0 Å². The molecule has 1 fully saturated rings. The van der Waals surface area contributed by atoms with Gasteiger partial charge in [-0.2, -0.15) is 0 Å². The predicted octanol–water partition coefficient (Wildman–Crippen LogP) is 2.71. The quantitative estimate of drug-likeness (QED) is 0.881. The lowest BCUT2D eigenvalue weighted by Gasteiger charge is -2.07. The first-order valence-electron chi connectivity index (χ1n) is 5.93. The summed E-state index contributed by atoms with van der Waals surface area (Å²) in [5.41, 5.74) is 1.80. The molecule has 4 heteroatoms. The number of hydrogen-bond acceptors (Lipinski definition) is 3. The Bertz CT molecular complexity index is 464. The molecule has 0 unspecified atom stereocenters. The van der Waals surface area contributed by atoms with Crippen molar-refractivity contribution in [3.63, 3.8) is 0 Å². The minimum absolute atomic E-state index is 0.340. The van der Waals surface area contributed by atoms with Crippen LogP contribution in [-0.2, 0) is 4.79 Å². The molecule has 0 spiro atoms. The van der Waals surface area contributed by atoms with Crippen LogP contribution in [0.2, 0.25) is 0 Å². The Kier molecular flexibility index (Phi) is 4.09. The maximum atomic E-state index is 10.9. The highest BCUT2D eigenvalue weighted by Crippen LogP contribution is 2.32. The summed E-state index contributed by atoms with van der Waals surface area (Å²) in [7, 11) is 0. The van der Waals surface area contributed by atoms with Gasteiger partial charge in [0.25, 0.3) is 0 Å². The van der Waals surface area contributed by atoms with Gasteiger partial charge < -0.3 is 10.2 Å². The highest BCUT2D eigenvalue weighted by molar-refractivity contribution is 8.03. The molecule has 1 aliphatic heterocycles. The molecule has 96 valence electrons. The third-order valence-corrected chi connectivity index (χ3v) is 4.27. The topological polar surface area (TPSA) is 57.5 Å². The number of thioether (sulfide) groups is 1. The highest BCUT2D eigenvalue weighted by atomic mass is 32.2. The Balaban J connectivity index is 2.15. The molecule has 2 atom stereocenters. The van der Waals surface area contributed by atoms with Crippen molar-refractivity contribution < 1.29 is 15.0 Å². The van der Waals surface area contributed by atoms with Gasteiger partial charge in [0.15, 0.2) is 0 Å². The van der Waals surface area contributed by atoms with E-state index in [1.807, 2.05) is 30.3 Å². The average Bonchev–Trinajstić information content (AvgIpc) is 2.75. The van der Waals surface area contributed by atoms with Crippen molar-refractivity contribution in [1.29, 1.82) is 0 Å². The molecule has 0 saturated carbocycles. The zero-order chi connectivity index (χ0) is 13.1. The molecule has 0 bridgehead atoms. The molecule has 0 aliphatic carbocycles. The van der Waals surface area contributed by atoms with Gasteiger partial charge in [0.05, 0.1) is 12.0 Å². The second kappa shape index (κ2) is 5.59. The zero-order valence-electron chi connectivity index (χ0n) is 10.2. The van der Waals surface area contributed by atoms with Gasteiger partial charge in [0.2, 0.25) is 0 Å². The molecule has 1 aromatic rings. The number of hydrogen-bond donors (Lipinski definition) is 2. The maximum absolute atomic E-state index is 10.9. The van der Waals surface area contributed by atoms with E-state index in [1.54, 1.807) is 18.7 Å². The fourth-order valence-electron chi connectivity index (χ4n) is 1.85. The van der Waals surface area contributed by atoms with Crippen molar-refractivity contribution in [3.05, 3.63) is 40.3 Å². The average molecular weight is 264 g/mol. The molecule has 1 aliphatic rings. The fraction of sp³-hybridized carbons (Fsp3) is 0.357. The molecule has 18 heavy (non-hydrogen) atoms. The van der Waals surface area contributed by atoms with Gasteiger partial charge in [-0.15, -0.1) is 11.8 Å². The van der Waals surface area contributed by atoms with E-state index in [9.17, 15) is 9.90 Å². The van der Waals surface area contributed by atoms with Crippen molar-refractivity contribution in [3.8, 4) is 0 Å². The lowest BCUT2D eigenvalue weighted by molar-refractivity contribution is -0.138. The largest absolute Gasteiger partial charge is 0.481 e. The number of carboxylic acid groups (broad SMARTS) is 1. The third kappa shape index (κ3) is 2.94. The summed E-state index contributed by atoms with van der Waals surface area (Å²) in [4.78, 5) is 11.9. The summed E-state index contributed by atoms with van der Waals surface area (Å²) in [6, 6.07) is 7.45. The van der Waals surface area contributed by atoms with E-state index < -0.39 is 11.9 Å². The van der Waals surface area contributed by atoms with E-state index in [-0.39, 0.29) is 6.10 Å². The molecule has 2 N–H and O–H groups in total. The molecular weight excluding hydrogens is 248 g/mol. The van der Waals surface area contributed by atoms with Crippen LogP contribution in [-0.4, -0.2) is 28.0 Å². The van der Waals surface area contributed by atoms with Gasteiger partial charge in [-0.25, -0.2) is 0 Å². The van der Waals surface area contributed by atoms with Gasteiger partial charge in [-0.05, 0) is 30.5 Å². The Morgan fingerprint density at radius 2 is 2.11 bits per heavy atom. The zero-order valence-corrected chi connectivity index (χ0v) is 11.0. The summed E-state index contributed by atoms with van der Waals surface area (Å²) in [5.74, 6) is -0.345. The molecular formula is C14H16O3S. The van der Waals surface area contributed by atoms with Gasteiger partial charge in [0, 0.05) is 10.7 Å². The number of aliphatic hydroxyl groups excluding tert-OH is 1. The van der Waals surface area contributed by atoms with Gasteiger partial charge >= 0.3 is 5.97 Å². The van der Waals surface area contributed by atoms with Crippen LogP contribution in [0.1, 0.15) is 30.4 Å². The first-order valence-corrected chi connectivity index (χ1v) is 6.91. The molecule has 1 heterocycles. The number of aliphatic hydroxyl groups is 1. The number of rotatable bonds is 3. The summed E-state index contributed by atoms with van der Waals surface area (Å²) in [5, 5.41) is 18.6. The van der Waals surface area contributed by atoms with Crippen molar-refractivity contribution in [2.75, 3.05) is 5.75 Å². The number of benzene rings is 1. The highest BCUT2D eigenvalue weighted by Gasteiger charge is 2.18. The Labute approximate surface area is 111 Å². The van der Waals surface area contributed by atoms with E-state index >= 15 is 0 Å². The Morgan fingerprint density at radius 1 is 1.44 bits per heavy atom. The summed E-state index contributed by atoms with van der Waals surface area (Å²) < 4.78 is 0. The summed E-state index contributed by atoms with van der Waals surface area (Å²) >= 11 is 1.68. The van der Waals surface area contributed by atoms with E-state index in [0.29, 0.717) is 0 Å². The minimum Gasteiger partial charge on any atom is -0.481 e. The van der Waals surface area contributed by atoms with E-state index in [2.05, 4.69) is 0 Å². The SMILES string of the molecule is C[C@@H](C(=O)O)c1ccc(C=C2SCC[C@@H]2O)cc1. The molecule has 1 saturated heterocycles. The molecule has 0 radical (unpaired) electrons. The lowest BCUT2D eigenvalue weighted by atomic mass is 10.00. The first-order chi connectivity index (χ1) is 8.58. The normalized spacial score (nSPS) is 23.2. The van der Waals surface area contributed by atoms with Crippen LogP contribution in [0.4, 0.5) is 0 Å². The predicted molar refractivity (Wildman–Crippen MR) is 73.6 cm³/mol. The second-order valence-corrected chi connectivity index (χ2v) is 5.59. The summed E-state index contributed by atoms with van der Waals surface area (Å²) in [6.45, 7) is 1.67. The third-order valence-electron chi connectivity index (χ3n) is 3.10. The number of aliphatic carboxylic acids is 1. The minimum atomic E-state index is -0.817. The van der Waals surface area contributed by atoms with E-state index in [4.69, 9.17) is 5.11 Å². The van der Waals surface area contributed by atoms with Crippen molar-refractivity contribution in [2.45, 2.75) is 25.4 Å². The summed E-state index contributed by atoms with van der Waals surface area (Å²) in [6.07, 6.45) is 2.44. The first kappa shape index (κ1) is 13.2. The van der Waals surface area contributed by atoms with Gasteiger partial charge in [-0.3, -0.25) is 4.79 Å². The van der Waals surface area contributed by atoms with Crippen LogP contribution in [0.25, 0.3) is 6.08 Å². The van der Waals surface area contributed by atoms with Gasteiger partial charge in [-0.1, -0.05) is 24.3 Å². The molecule has 2 rings (SSSR count). The van der Waals surface area contributed by atoms with Crippen LogP contribution >= 0.6 is 11.8 Å². The van der Waals surface area contributed by atoms with Crippen LogP contribution in [0.15, 0.2) is 29.2 Å². The monoisotopic (exact) mass is 264 g/mol. The molecule has 0 amide bonds. The maximum Gasteiger partial charge on any atom is 0.310 e. The van der Waals surface area contributed by atoms with Crippen molar-refractivity contribution in [2.24, 2.45) is 0 Å². The van der Waals surface area contributed by atoms with E-state index in [0.717, 1.165) is 28.2 Å². The Morgan fingerprint density at radius 3 is 2.61 bits per heavy atom. The number of carboxylic acids is 1. The van der Waals surface area contributed by atoms with Crippen LogP contribution in [0.5, 0.6) is 0 Å². The van der Waals surface area contributed by atoms with Crippen molar-refractivity contribution in [1.82, 2.24) is 0 Å². The molecule has 0 aromatic heterocycles. The Hall–Kier alpha value is -1.26. The lowest BCUT2D eigenvalue weighted by Crippen LogP contribution is -2.07. The molecule has 3 nitrogen and oxygen atoms in total. The second-order valence-electron chi connectivity index (χ2n) is 4.43. The van der Waals surface area contributed by atoms with Crippen molar-refractivity contribution >= 4 is 23.8 Å². The molecule has 1 aromatic carbocycles.